The van der Waals surface area contributed by atoms with Crippen LogP contribution in [-0.4, -0.2) is 63.3 Å². The number of benzene rings is 2. The molecule has 1 saturated heterocycles. The van der Waals surface area contributed by atoms with Gasteiger partial charge in [-0.25, -0.2) is 13.2 Å². The third-order valence-corrected chi connectivity index (χ3v) is 9.74. The fourth-order valence-corrected chi connectivity index (χ4v) is 7.15. The number of ether oxygens (including phenoxy) is 2. The molecule has 11 heteroatoms. The second-order valence-electron chi connectivity index (χ2n) is 9.67. The summed E-state index contributed by atoms with van der Waals surface area (Å²) in [6.45, 7) is 6.21. The molecular weight excluding hydrogens is 564 g/mol. The molecule has 0 unspecified atom stereocenters. The number of nitrogens with zero attached hydrogens (tertiary/aromatic N) is 1. The van der Waals surface area contributed by atoms with Crippen molar-refractivity contribution in [1.29, 1.82) is 0 Å². The van der Waals surface area contributed by atoms with Crippen LogP contribution >= 0.6 is 11.3 Å². The van der Waals surface area contributed by atoms with Gasteiger partial charge in [-0.2, -0.15) is 4.31 Å². The lowest BCUT2D eigenvalue weighted by molar-refractivity contribution is -0.149. The Morgan fingerprint density at radius 3 is 2.34 bits per heavy atom. The Hall–Kier alpha value is -3.54. The van der Waals surface area contributed by atoms with E-state index in [4.69, 9.17) is 9.47 Å². The predicted octanol–water partition coefficient (Wildman–Crippen LogP) is 5.16. The van der Waals surface area contributed by atoms with E-state index in [0.717, 1.165) is 11.1 Å². The highest BCUT2D eigenvalue weighted by Crippen LogP contribution is 2.36. The number of carbonyl (C=O) groups is 3. The van der Waals surface area contributed by atoms with Gasteiger partial charge in [0.15, 0.2) is 5.78 Å². The van der Waals surface area contributed by atoms with Gasteiger partial charge in [0.25, 0.3) is 0 Å². The third-order valence-electron chi connectivity index (χ3n) is 6.91. The number of hydrogen-bond donors (Lipinski definition) is 1. The molecule has 0 spiro atoms. The van der Waals surface area contributed by atoms with Gasteiger partial charge in [-0.15, -0.1) is 11.3 Å². The van der Waals surface area contributed by atoms with Crippen LogP contribution in [0.15, 0.2) is 58.8 Å². The van der Waals surface area contributed by atoms with Crippen LogP contribution in [0.1, 0.15) is 53.0 Å². The van der Waals surface area contributed by atoms with Crippen LogP contribution < -0.4 is 5.32 Å². The monoisotopic (exact) mass is 598 g/mol. The molecule has 0 bridgehead atoms. The number of rotatable bonds is 11. The molecular formula is C30H34N2O7S2. The molecule has 1 aliphatic heterocycles. The number of ketones is 1. The van der Waals surface area contributed by atoms with E-state index in [-0.39, 0.29) is 61.0 Å². The minimum Gasteiger partial charge on any atom is -0.466 e. The number of piperidine rings is 1. The molecule has 0 saturated carbocycles. The number of aryl methyl sites for hydroxylation is 1. The van der Waals surface area contributed by atoms with Crippen molar-refractivity contribution in [2.75, 3.05) is 38.2 Å². The van der Waals surface area contributed by atoms with E-state index >= 15 is 0 Å². The number of nitrogens with one attached hydrogen (secondary N) is 1. The second-order valence-corrected chi connectivity index (χ2v) is 12.5. The van der Waals surface area contributed by atoms with E-state index in [9.17, 15) is 22.8 Å². The van der Waals surface area contributed by atoms with Gasteiger partial charge in [0, 0.05) is 29.6 Å². The van der Waals surface area contributed by atoms with E-state index in [1.165, 1.54) is 33.8 Å². The van der Waals surface area contributed by atoms with Crippen molar-refractivity contribution < 1.29 is 32.3 Å². The van der Waals surface area contributed by atoms with E-state index in [0.29, 0.717) is 29.0 Å². The average molecular weight is 599 g/mol. The van der Waals surface area contributed by atoms with Crippen molar-refractivity contribution in [3.63, 3.8) is 0 Å². The van der Waals surface area contributed by atoms with Gasteiger partial charge in [0.05, 0.1) is 30.6 Å². The topological polar surface area (TPSA) is 119 Å². The zero-order valence-electron chi connectivity index (χ0n) is 23.3. The maximum Gasteiger partial charge on any atom is 0.341 e. The molecule has 2 heterocycles. The highest BCUT2D eigenvalue weighted by molar-refractivity contribution is 7.89. The predicted molar refractivity (Wildman–Crippen MR) is 158 cm³/mol. The highest BCUT2D eigenvalue weighted by atomic mass is 32.2. The van der Waals surface area contributed by atoms with Gasteiger partial charge >= 0.3 is 11.9 Å². The van der Waals surface area contributed by atoms with Crippen LogP contribution in [-0.2, 0) is 24.3 Å². The van der Waals surface area contributed by atoms with E-state index in [1.54, 1.807) is 19.9 Å². The fraction of sp³-hybridized carbons (Fsp3) is 0.367. The van der Waals surface area contributed by atoms with Gasteiger partial charge in [0.1, 0.15) is 10.6 Å². The van der Waals surface area contributed by atoms with Crippen LogP contribution in [0.3, 0.4) is 0 Å². The molecule has 9 nitrogen and oxygen atoms in total. The molecule has 0 aliphatic carbocycles. The van der Waals surface area contributed by atoms with Gasteiger partial charge < -0.3 is 14.8 Å². The van der Waals surface area contributed by atoms with Gasteiger partial charge in [0.2, 0.25) is 10.0 Å². The average Bonchev–Trinajstić information content (AvgIpc) is 3.41. The third kappa shape index (κ3) is 7.03. The molecule has 218 valence electrons. The van der Waals surface area contributed by atoms with Crippen LogP contribution in [0.5, 0.6) is 0 Å². The van der Waals surface area contributed by atoms with Gasteiger partial charge in [-0.3, -0.25) is 9.59 Å². The lowest BCUT2D eigenvalue weighted by Crippen LogP contribution is -2.40. The molecule has 1 aromatic heterocycles. The molecule has 2 aromatic carbocycles. The second kappa shape index (κ2) is 13.4. The quantitative estimate of drug-likeness (QED) is 0.238. The molecule has 3 aromatic rings. The van der Waals surface area contributed by atoms with Crippen LogP contribution in [0.4, 0.5) is 5.00 Å². The summed E-state index contributed by atoms with van der Waals surface area (Å²) in [5, 5.41) is 5.41. The Kier molecular flexibility index (Phi) is 9.95. The smallest absolute Gasteiger partial charge is 0.341 e. The van der Waals surface area contributed by atoms with Crippen LogP contribution in [0, 0.1) is 12.8 Å². The molecule has 4 rings (SSSR count). The summed E-state index contributed by atoms with van der Waals surface area (Å²) in [7, 11) is -3.85. The lowest BCUT2D eigenvalue weighted by Gasteiger charge is -2.30. The number of esters is 2. The summed E-state index contributed by atoms with van der Waals surface area (Å²) in [6.07, 6.45) is 0.767. The first kappa shape index (κ1) is 30.4. The first-order valence-electron chi connectivity index (χ1n) is 13.5. The van der Waals surface area contributed by atoms with E-state index in [1.807, 2.05) is 36.6 Å². The normalized spacial score (nSPS) is 14.4. The Labute approximate surface area is 244 Å². The van der Waals surface area contributed by atoms with Crippen molar-refractivity contribution >= 4 is 44.1 Å². The lowest BCUT2D eigenvalue weighted by atomic mass is 9.98. The standard InChI is InChI=1S/C30H34N2O7S2/c1-4-38-29(34)22-13-15-32(16-14-22)41(36,37)24-8-6-7-23(17-24)26(33)18-31-28-27(30(35)39-5-2)25(19-40-28)21-11-9-20(3)10-12-21/h6-12,17,19,22,31H,4-5,13-16,18H2,1-3H3. The highest BCUT2D eigenvalue weighted by Gasteiger charge is 2.33. The SMILES string of the molecule is CCOC(=O)c1c(-c2ccc(C)cc2)csc1NCC(=O)c1cccc(S(=O)(=O)N2CCC(C(=O)OCC)CC2)c1. The Morgan fingerprint density at radius 2 is 1.68 bits per heavy atom. The first-order valence-corrected chi connectivity index (χ1v) is 15.9. The zero-order valence-corrected chi connectivity index (χ0v) is 25.0. The molecule has 0 atom stereocenters. The fourth-order valence-electron chi connectivity index (χ4n) is 4.67. The van der Waals surface area contributed by atoms with Crippen molar-refractivity contribution in [3.8, 4) is 11.1 Å². The van der Waals surface area contributed by atoms with Crippen molar-refractivity contribution in [2.24, 2.45) is 5.92 Å². The van der Waals surface area contributed by atoms with Gasteiger partial charge in [-0.05, 0) is 51.3 Å². The molecule has 1 aliphatic rings. The Bertz CT molecular complexity index is 1510. The number of sulfonamides is 1. The number of hydrogen-bond acceptors (Lipinski definition) is 9. The molecule has 0 amide bonds. The van der Waals surface area contributed by atoms with Crippen molar-refractivity contribution in [1.82, 2.24) is 4.31 Å². The Morgan fingerprint density at radius 1 is 1.00 bits per heavy atom. The summed E-state index contributed by atoms with van der Waals surface area (Å²) in [6, 6.07) is 13.7. The van der Waals surface area contributed by atoms with E-state index < -0.39 is 16.0 Å². The summed E-state index contributed by atoms with van der Waals surface area (Å²) in [5.41, 5.74) is 3.25. The summed E-state index contributed by atoms with van der Waals surface area (Å²) in [5.74, 6) is -1.43. The summed E-state index contributed by atoms with van der Waals surface area (Å²) < 4.78 is 38.3. The van der Waals surface area contributed by atoms with Crippen LogP contribution in [0.25, 0.3) is 11.1 Å². The molecule has 0 radical (unpaired) electrons. The van der Waals surface area contributed by atoms with Crippen molar-refractivity contribution in [3.05, 3.63) is 70.6 Å². The number of anilines is 1. The number of thiophene rings is 1. The zero-order chi connectivity index (χ0) is 29.6. The number of carbonyl (C=O) groups excluding carboxylic acids is 3. The molecule has 41 heavy (non-hydrogen) atoms. The minimum absolute atomic E-state index is 0.0166. The number of Topliss-reactive ketones (excluding diaryl/α,β-unsaturated/α-hetero) is 1. The summed E-state index contributed by atoms with van der Waals surface area (Å²) in [4.78, 5) is 38.0. The maximum absolute atomic E-state index is 13.3. The maximum atomic E-state index is 13.3. The minimum atomic E-state index is -3.85. The summed E-state index contributed by atoms with van der Waals surface area (Å²) >= 11 is 1.30. The van der Waals surface area contributed by atoms with E-state index in [2.05, 4.69) is 5.32 Å². The molecule has 1 N–H and O–H groups in total. The van der Waals surface area contributed by atoms with Crippen LogP contribution in [0.2, 0.25) is 0 Å². The largest absolute Gasteiger partial charge is 0.466 e. The van der Waals surface area contributed by atoms with Gasteiger partial charge in [-0.1, -0.05) is 42.0 Å². The first-order chi connectivity index (χ1) is 19.6. The van der Waals surface area contributed by atoms with Crippen molar-refractivity contribution in [2.45, 2.75) is 38.5 Å². The Balaban J connectivity index is 1.48. The molecule has 1 fully saturated rings.